The predicted octanol–water partition coefficient (Wildman–Crippen LogP) is -9.67. The molecule has 23 nitrogen and oxygen atoms in total. The molecule has 0 bridgehead atoms. The first-order chi connectivity index (χ1) is 26.0. The number of hydrogen-bond acceptors (Lipinski definition) is 23. The van der Waals surface area contributed by atoms with E-state index in [-0.39, 0.29) is 5.57 Å². The molecule has 4 heterocycles. The van der Waals surface area contributed by atoms with Crippen LogP contribution >= 0.6 is 0 Å². The predicted molar refractivity (Wildman–Crippen MR) is 174 cm³/mol. The van der Waals surface area contributed by atoms with Crippen molar-refractivity contribution in [1.82, 2.24) is 5.32 Å². The third-order valence-corrected chi connectivity index (χ3v) is 10.8. The summed E-state index contributed by atoms with van der Waals surface area (Å²) in [6.45, 7) is -0.0960. The average molecular weight is 806 g/mol. The van der Waals surface area contributed by atoms with Crippen LogP contribution in [-0.2, 0) is 33.2 Å². The summed E-state index contributed by atoms with van der Waals surface area (Å²) in [4.78, 5) is 0. The minimum absolute atomic E-state index is 0.0433. The first-order valence-corrected chi connectivity index (χ1v) is 18.0. The number of ether oxygens (including phenoxy) is 7. The second kappa shape index (κ2) is 18.8. The fourth-order valence-corrected chi connectivity index (χ4v) is 7.50. The van der Waals surface area contributed by atoms with Crippen LogP contribution in [0.2, 0.25) is 0 Å². The summed E-state index contributed by atoms with van der Waals surface area (Å²) in [5.41, 5.74) is -0.0433. The van der Waals surface area contributed by atoms with Gasteiger partial charge in [-0.15, -0.1) is 0 Å². The summed E-state index contributed by atoms with van der Waals surface area (Å²) in [5.74, 6) is 0. The molecule has 0 radical (unpaired) electrons. The summed E-state index contributed by atoms with van der Waals surface area (Å²) in [5, 5.41) is 160. The lowest BCUT2D eigenvalue weighted by molar-refractivity contribution is -0.367. The Morgan fingerprint density at radius 1 is 0.491 bits per heavy atom. The highest BCUT2D eigenvalue weighted by molar-refractivity contribution is 5.23. The Morgan fingerprint density at radius 2 is 0.982 bits per heavy atom. The lowest BCUT2D eigenvalue weighted by Gasteiger charge is -2.49. The summed E-state index contributed by atoms with van der Waals surface area (Å²) in [7, 11) is 0. The van der Waals surface area contributed by atoms with Crippen LogP contribution in [-0.4, -0.2) is 250 Å². The molecule has 5 rings (SSSR count). The maximum Gasteiger partial charge on any atom is 0.187 e. The van der Waals surface area contributed by atoms with Crippen molar-refractivity contribution in [2.75, 3.05) is 26.4 Å². The van der Waals surface area contributed by atoms with E-state index in [0.29, 0.717) is 0 Å². The van der Waals surface area contributed by atoms with Gasteiger partial charge in [-0.2, -0.15) is 0 Å². The van der Waals surface area contributed by atoms with Crippen LogP contribution in [0.4, 0.5) is 0 Å². The van der Waals surface area contributed by atoms with E-state index in [1.54, 1.807) is 0 Å². The zero-order chi connectivity index (χ0) is 40.6. The summed E-state index contributed by atoms with van der Waals surface area (Å²) in [6.07, 6.45) is -33.7. The molecule has 0 spiro atoms. The molecule has 320 valence electrons. The third-order valence-electron chi connectivity index (χ3n) is 10.8. The standard InChI is InChI=1S/C32H55NO22/c1-8-15(33-11-3-10(4-34)27(22(44)17(11)39)53-31-25(47)20(42)18(40)12(5-35)51-31)19(41)24(46)30(50-8)54-29-14(7-37)52-32(26(48)23(29)45)55-28-13(6-36)49-9(2)16(38)21(28)43/h3,8-9,11-48H,4-7H2,1-2H3/t8?,9-,11+,12?,13?,14?,15-,16?,17-,18-,19-,20-,21+,22?,23+,24?,25?,26?,27-,28-,29-,30-,31-,32-/m0/s1. The Bertz CT molecular complexity index is 1250. The van der Waals surface area contributed by atoms with Gasteiger partial charge in [0.05, 0.1) is 50.7 Å². The van der Waals surface area contributed by atoms with E-state index in [1.807, 2.05) is 0 Å². The molecule has 55 heavy (non-hydrogen) atoms. The zero-order valence-electron chi connectivity index (χ0n) is 29.8. The minimum atomic E-state index is -1.92. The van der Waals surface area contributed by atoms with Crippen molar-refractivity contribution in [1.29, 1.82) is 0 Å². The quantitative estimate of drug-likeness (QED) is 0.0814. The number of aliphatic hydroxyl groups excluding tert-OH is 15. The molecular formula is C32H55NO22. The Kier molecular flexibility index (Phi) is 15.4. The number of rotatable bonds is 12. The van der Waals surface area contributed by atoms with Gasteiger partial charge in [-0.1, -0.05) is 6.08 Å². The van der Waals surface area contributed by atoms with Crippen molar-refractivity contribution < 1.29 is 110 Å². The molecule has 24 atom stereocenters. The average Bonchev–Trinajstić information content (AvgIpc) is 3.17. The molecule has 0 saturated carbocycles. The molecule has 4 fully saturated rings. The highest BCUT2D eigenvalue weighted by atomic mass is 16.7. The van der Waals surface area contributed by atoms with E-state index in [9.17, 15) is 76.6 Å². The van der Waals surface area contributed by atoms with E-state index < -0.39 is 173 Å². The van der Waals surface area contributed by atoms with E-state index in [4.69, 9.17) is 33.2 Å². The molecular weight excluding hydrogens is 750 g/mol. The van der Waals surface area contributed by atoms with Crippen LogP contribution in [0.1, 0.15) is 13.8 Å². The molecule has 0 aromatic rings. The topological polar surface area (TPSA) is 380 Å². The molecule has 0 aromatic heterocycles. The smallest absolute Gasteiger partial charge is 0.187 e. The van der Waals surface area contributed by atoms with Crippen LogP contribution < -0.4 is 5.32 Å². The number of hydrogen-bond donors (Lipinski definition) is 16. The largest absolute Gasteiger partial charge is 0.394 e. The van der Waals surface area contributed by atoms with Crippen molar-refractivity contribution in [3.8, 4) is 0 Å². The molecule has 4 aliphatic heterocycles. The van der Waals surface area contributed by atoms with Crippen LogP contribution in [0.15, 0.2) is 11.6 Å². The van der Waals surface area contributed by atoms with Crippen molar-refractivity contribution in [2.45, 2.75) is 161 Å². The fourth-order valence-electron chi connectivity index (χ4n) is 7.50. The van der Waals surface area contributed by atoms with Gasteiger partial charge in [-0.05, 0) is 19.4 Å². The van der Waals surface area contributed by atoms with Crippen LogP contribution in [0, 0.1) is 0 Å². The van der Waals surface area contributed by atoms with E-state index in [1.165, 1.54) is 19.9 Å². The van der Waals surface area contributed by atoms with Gasteiger partial charge in [0.1, 0.15) is 104 Å². The molecule has 0 amide bonds. The van der Waals surface area contributed by atoms with Crippen molar-refractivity contribution >= 4 is 0 Å². The Balaban J connectivity index is 1.23. The van der Waals surface area contributed by atoms with E-state index in [2.05, 4.69) is 5.32 Å². The molecule has 0 aromatic carbocycles. The van der Waals surface area contributed by atoms with Crippen LogP contribution in [0.25, 0.3) is 0 Å². The summed E-state index contributed by atoms with van der Waals surface area (Å²) < 4.78 is 39.2. The van der Waals surface area contributed by atoms with E-state index >= 15 is 0 Å². The molecule has 23 heteroatoms. The molecule has 1 aliphatic carbocycles. The maximum atomic E-state index is 11.2. The summed E-state index contributed by atoms with van der Waals surface area (Å²) >= 11 is 0. The van der Waals surface area contributed by atoms with Gasteiger partial charge in [-0.25, -0.2) is 0 Å². The van der Waals surface area contributed by atoms with Crippen LogP contribution in [0.3, 0.4) is 0 Å². The van der Waals surface area contributed by atoms with E-state index in [0.717, 1.165) is 0 Å². The van der Waals surface area contributed by atoms with Gasteiger partial charge in [0.15, 0.2) is 18.9 Å². The fraction of sp³-hybridized carbons (Fsp3) is 0.938. The lowest BCUT2D eigenvalue weighted by Crippen LogP contribution is -2.68. The highest BCUT2D eigenvalue weighted by Crippen LogP contribution is 2.34. The van der Waals surface area contributed by atoms with Crippen molar-refractivity contribution in [3.63, 3.8) is 0 Å². The van der Waals surface area contributed by atoms with Gasteiger partial charge >= 0.3 is 0 Å². The Labute approximate surface area is 314 Å². The first-order valence-electron chi connectivity index (χ1n) is 18.0. The first kappa shape index (κ1) is 44.9. The van der Waals surface area contributed by atoms with Gasteiger partial charge in [-0.3, -0.25) is 0 Å². The minimum Gasteiger partial charge on any atom is -0.394 e. The molecule has 16 N–H and O–H groups in total. The Morgan fingerprint density at radius 3 is 1.56 bits per heavy atom. The van der Waals surface area contributed by atoms with Gasteiger partial charge in [0, 0.05) is 0 Å². The van der Waals surface area contributed by atoms with Crippen molar-refractivity contribution in [2.24, 2.45) is 0 Å². The number of nitrogens with one attached hydrogen (secondary N) is 1. The molecule has 9 unspecified atom stereocenters. The van der Waals surface area contributed by atoms with Crippen molar-refractivity contribution in [3.05, 3.63) is 11.6 Å². The third kappa shape index (κ3) is 9.04. The Hall–Kier alpha value is -1.18. The zero-order valence-corrected chi connectivity index (χ0v) is 29.8. The lowest BCUT2D eigenvalue weighted by atomic mass is 9.86. The highest BCUT2D eigenvalue weighted by Gasteiger charge is 2.54. The molecule has 5 aliphatic rings. The molecule has 4 saturated heterocycles. The van der Waals surface area contributed by atoms with Gasteiger partial charge in [0.25, 0.3) is 0 Å². The maximum absolute atomic E-state index is 11.2. The SMILES string of the molecule is CC1O[C@@H](O[C@H]2C(CO)O[C@@H](O[C@H]3C(CO)O[C@@H](C)C(O)[C@H]3O)C(O)[C@H]2O)C(O)[C@@H](O)[C@H]1N[C@@H]1C=C(CO)[C@H](O[C@@H]2OC(CO)[C@H](O)[C@H](O)C2O)C(O)[C@H]1O. The second-order valence-electron chi connectivity index (χ2n) is 14.5. The normalized spacial score (nSPS) is 52.5. The number of aliphatic hydroxyl groups is 15. The second-order valence-corrected chi connectivity index (χ2v) is 14.5. The van der Waals surface area contributed by atoms with Gasteiger partial charge in [0.2, 0.25) is 0 Å². The van der Waals surface area contributed by atoms with Crippen LogP contribution in [0.5, 0.6) is 0 Å². The monoisotopic (exact) mass is 805 g/mol. The van der Waals surface area contributed by atoms with Gasteiger partial charge < -0.3 is 115 Å². The summed E-state index contributed by atoms with van der Waals surface area (Å²) in [6, 6.07) is -2.43.